The van der Waals surface area contributed by atoms with Gasteiger partial charge in [0.2, 0.25) is 0 Å². The molecule has 0 bridgehead atoms. The van der Waals surface area contributed by atoms with Crippen molar-refractivity contribution in [2.75, 3.05) is 13.7 Å². The van der Waals surface area contributed by atoms with Crippen LogP contribution in [-0.4, -0.2) is 70.6 Å². The van der Waals surface area contributed by atoms with Gasteiger partial charge in [-0.25, -0.2) is 14.4 Å². The Balaban J connectivity index is 1.78. The SMILES string of the molecule is CO[C@@H]1O[C@H](CO[Si](C(C)C)(C(C)C)C(C)C)[C@@H](OC(=O)c2ccccc2)[C@H](OC(=O)c2ccccc2)[C@H]1OC(=O)c1ccccc1. The van der Waals surface area contributed by atoms with E-state index in [9.17, 15) is 14.4 Å². The molecule has 0 N–H and O–H groups in total. The van der Waals surface area contributed by atoms with E-state index in [1.165, 1.54) is 7.11 Å². The highest BCUT2D eigenvalue weighted by molar-refractivity contribution is 6.77. The Morgan fingerprint density at radius 3 is 1.32 bits per heavy atom. The summed E-state index contributed by atoms with van der Waals surface area (Å²) in [5, 5.41) is 0. The van der Waals surface area contributed by atoms with Gasteiger partial charge in [0.1, 0.15) is 6.10 Å². The van der Waals surface area contributed by atoms with Gasteiger partial charge in [-0.05, 0) is 53.0 Å². The van der Waals surface area contributed by atoms with Gasteiger partial charge in [-0.3, -0.25) is 0 Å². The summed E-state index contributed by atoms with van der Waals surface area (Å²) in [6.45, 7) is 13.0. The lowest BCUT2D eigenvalue weighted by molar-refractivity contribution is -0.291. The lowest BCUT2D eigenvalue weighted by Crippen LogP contribution is -2.63. The number of hydrogen-bond acceptors (Lipinski definition) is 9. The fourth-order valence-corrected chi connectivity index (χ4v) is 12.1. The minimum atomic E-state index is -2.43. The van der Waals surface area contributed by atoms with Crippen LogP contribution in [0.4, 0.5) is 0 Å². The zero-order valence-corrected chi connectivity index (χ0v) is 29.2. The quantitative estimate of drug-likeness (QED) is 0.106. The standard InChI is InChI=1S/C37H46O9Si/c1-24(2)47(25(3)4,26(5)6)42-23-30-31(44-34(38)27-17-11-8-12-18-27)32(45-35(39)28-19-13-9-14-20-28)33(37(41-7)43-30)46-36(40)29-21-15-10-16-22-29/h8-22,24-26,30-33,37H,23H2,1-7H3/t30-,31-,32+,33-,37-/m1/s1. The van der Waals surface area contributed by atoms with Crippen molar-refractivity contribution >= 4 is 26.2 Å². The summed E-state index contributed by atoms with van der Waals surface area (Å²) >= 11 is 0. The Hall–Kier alpha value is -3.83. The van der Waals surface area contributed by atoms with Gasteiger partial charge in [0.25, 0.3) is 0 Å². The van der Waals surface area contributed by atoms with E-state index in [1.807, 2.05) is 0 Å². The Bertz CT molecular complexity index is 1420. The van der Waals surface area contributed by atoms with Gasteiger partial charge >= 0.3 is 17.9 Å². The normalized spacial score (nSPS) is 21.4. The molecule has 0 radical (unpaired) electrons. The molecule has 0 saturated carbocycles. The monoisotopic (exact) mass is 662 g/mol. The highest BCUT2D eigenvalue weighted by Gasteiger charge is 2.54. The molecule has 0 spiro atoms. The fraction of sp³-hybridized carbons (Fsp3) is 0.432. The molecule has 1 aliphatic rings. The molecule has 9 nitrogen and oxygen atoms in total. The molecule has 0 aromatic heterocycles. The third-order valence-corrected chi connectivity index (χ3v) is 14.9. The molecule has 5 atom stereocenters. The van der Waals surface area contributed by atoms with Crippen molar-refractivity contribution in [1.29, 1.82) is 0 Å². The minimum absolute atomic E-state index is 0.0338. The van der Waals surface area contributed by atoms with Crippen LogP contribution >= 0.6 is 0 Å². The molecule has 4 rings (SSSR count). The topological polar surface area (TPSA) is 107 Å². The number of carbonyl (C=O) groups excluding carboxylic acids is 3. The maximum Gasteiger partial charge on any atom is 0.338 e. The van der Waals surface area contributed by atoms with Gasteiger partial charge in [0, 0.05) is 7.11 Å². The number of carbonyl (C=O) groups is 3. The van der Waals surface area contributed by atoms with Gasteiger partial charge in [0.05, 0.1) is 23.3 Å². The number of methoxy groups -OCH3 is 1. The molecule has 0 aliphatic carbocycles. The van der Waals surface area contributed by atoms with Gasteiger partial charge in [0.15, 0.2) is 32.9 Å². The summed E-state index contributed by atoms with van der Waals surface area (Å²) in [6.07, 6.45) is -5.95. The van der Waals surface area contributed by atoms with E-state index in [0.717, 1.165) is 0 Å². The van der Waals surface area contributed by atoms with E-state index in [4.69, 9.17) is 28.1 Å². The van der Waals surface area contributed by atoms with E-state index in [2.05, 4.69) is 41.5 Å². The Labute approximate surface area is 278 Å². The molecule has 1 saturated heterocycles. The van der Waals surface area contributed by atoms with Gasteiger partial charge in [-0.2, -0.15) is 0 Å². The summed E-state index contributed by atoms with van der Waals surface area (Å²) in [4.78, 5) is 40.6. The number of rotatable bonds is 13. The van der Waals surface area contributed by atoms with Crippen LogP contribution in [0.5, 0.6) is 0 Å². The van der Waals surface area contributed by atoms with E-state index >= 15 is 0 Å². The summed E-state index contributed by atoms with van der Waals surface area (Å²) in [6, 6.07) is 25.3. The molecule has 3 aromatic rings. The van der Waals surface area contributed by atoms with E-state index in [0.29, 0.717) is 5.56 Å². The third-order valence-electron chi connectivity index (χ3n) is 8.79. The lowest BCUT2D eigenvalue weighted by Gasteiger charge is -2.47. The van der Waals surface area contributed by atoms with Crippen molar-refractivity contribution in [3.05, 3.63) is 108 Å². The molecule has 47 heavy (non-hydrogen) atoms. The smallest absolute Gasteiger partial charge is 0.338 e. The van der Waals surface area contributed by atoms with Crippen LogP contribution in [0.15, 0.2) is 91.0 Å². The molecular weight excluding hydrogens is 616 g/mol. The first kappa shape index (κ1) is 36.0. The molecule has 3 aromatic carbocycles. The maximum absolute atomic E-state index is 13.6. The highest BCUT2D eigenvalue weighted by atomic mass is 28.4. The maximum atomic E-state index is 13.6. The number of benzene rings is 3. The second-order valence-corrected chi connectivity index (χ2v) is 18.1. The fourth-order valence-electron chi connectivity index (χ4n) is 6.63. The van der Waals surface area contributed by atoms with Gasteiger partial charge in [-0.15, -0.1) is 0 Å². The summed E-state index contributed by atoms with van der Waals surface area (Å²) in [5.41, 5.74) is 1.64. The third kappa shape index (κ3) is 8.37. The lowest BCUT2D eigenvalue weighted by atomic mass is 9.97. The van der Waals surface area contributed by atoms with Crippen LogP contribution in [0.2, 0.25) is 16.6 Å². The first-order chi connectivity index (χ1) is 22.5. The minimum Gasteiger partial charge on any atom is -0.452 e. The molecule has 1 fully saturated rings. The molecule has 0 unspecified atom stereocenters. The first-order valence-corrected chi connectivity index (χ1v) is 18.2. The van der Waals surface area contributed by atoms with Crippen molar-refractivity contribution < 1.29 is 42.5 Å². The zero-order chi connectivity index (χ0) is 34.1. The zero-order valence-electron chi connectivity index (χ0n) is 28.2. The Kier molecular flexibility index (Phi) is 12.5. The van der Waals surface area contributed by atoms with Crippen molar-refractivity contribution in [2.45, 2.75) is 88.9 Å². The van der Waals surface area contributed by atoms with E-state index in [1.54, 1.807) is 91.0 Å². The number of hydrogen-bond donors (Lipinski definition) is 0. The van der Waals surface area contributed by atoms with Crippen LogP contribution in [0, 0.1) is 0 Å². The van der Waals surface area contributed by atoms with Gasteiger partial charge in [-0.1, -0.05) is 96.1 Å². The van der Waals surface area contributed by atoms with Crippen molar-refractivity contribution in [2.24, 2.45) is 0 Å². The summed E-state index contributed by atoms with van der Waals surface area (Å²) < 4.78 is 37.3. The predicted molar refractivity (Wildman–Crippen MR) is 180 cm³/mol. The van der Waals surface area contributed by atoms with Crippen LogP contribution in [0.3, 0.4) is 0 Å². The molecule has 1 heterocycles. The second-order valence-electron chi connectivity index (χ2n) is 12.6. The van der Waals surface area contributed by atoms with Crippen LogP contribution in [0.1, 0.15) is 72.6 Å². The van der Waals surface area contributed by atoms with Gasteiger partial charge < -0.3 is 28.1 Å². The predicted octanol–water partition coefficient (Wildman–Crippen LogP) is 7.23. The molecule has 0 amide bonds. The van der Waals surface area contributed by atoms with Crippen molar-refractivity contribution in [3.8, 4) is 0 Å². The number of esters is 3. The largest absolute Gasteiger partial charge is 0.452 e. The van der Waals surface area contributed by atoms with Crippen LogP contribution in [-0.2, 0) is 28.1 Å². The first-order valence-electron chi connectivity index (χ1n) is 16.1. The second kappa shape index (κ2) is 16.3. The Morgan fingerprint density at radius 2 is 0.957 bits per heavy atom. The van der Waals surface area contributed by atoms with Crippen LogP contribution in [0.25, 0.3) is 0 Å². The van der Waals surface area contributed by atoms with Crippen LogP contribution < -0.4 is 0 Å². The molecule has 1 aliphatic heterocycles. The summed E-state index contributed by atoms with van der Waals surface area (Å²) in [7, 11) is -1.02. The van der Waals surface area contributed by atoms with Crippen molar-refractivity contribution in [3.63, 3.8) is 0 Å². The molecule has 252 valence electrons. The average Bonchev–Trinajstić information content (AvgIpc) is 3.07. The van der Waals surface area contributed by atoms with E-state index < -0.39 is 56.9 Å². The highest BCUT2D eigenvalue weighted by Crippen LogP contribution is 2.43. The molecular formula is C37H46O9Si. The van der Waals surface area contributed by atoms with E-state index in [-0.39, 0.29) is 34.4 Å². The number of ether oxygens (including phenoxy) is 5. The Morgan fingerprint density at radius 1 is 0.596 bits per heavy atom. The average molecular weight is 663 g/mol. The van der Waals surface area contributed by atoms with Crippen molar-refractivity contribution in [1.82, 2.24) is 0 Å². The molecule has 10 heteroatoms. The summed E-state index contributed by atoms with van der Waals surface area (Å²) in [5.74, 6) is -2.03.